The van der Waals surface area contributed by atoms with Crippen LogP contribution in [0.1, 0.15) is 19.7 Å². The predicted molar refractivity (Wildman–Crippen MR) is 65.6 cm³/mol. The number of aryl methyl sites for hydroxylation is 1. The van der Waals surface area contributed by atoms with Gasteiger partial charge in [0, 0.05) is 13.2 Å². The van der Waals surface area contributed by atoms with Gasteiger partial charge in [0.25, 0.3) is 10.0 Å². The number of sulfonamides is 1. The van der Waals surface area contributed by atoms with Gasteiger partial charge in [0.05, 0.1) is 12.7 Å². The number of ether oxygens (including phenoxy) is 2. The summed E-state index contributed by atoms with van der Waals surface area (Å²) in [6, 6.07) is 0. The summed E-state index contributed by atoms with van der Waals surface area (Å²) < 4.78 is 36.6. The number of rotatable bonds is 8. The molecule has 0 saturated carbocycles. The number of aromatic amines is 1. The van der Waals surface area contributed by atoms with Crippen LogP contribution < -0.4 is 4.72 Å². The van der Waals surface area contributed by atoms with Crippen LogP contribution in [0.3, 0.4) is 0 Å². The molecule has 1 heterocycles. The molecule has 0 amide bonds. The first-order valence-corrected chi connectivity index (χ1v) is 7.22. The largest absolute Gasteiger partial charge is 0.352 e. The third kappa shape index (κ3) is 4.37. The van der Waals surface area contributed by atoms with E-state index in [2.05, 4.69) is 14.7 Å². The fourth-order valence-corrected chi connectivity index (χ4v) is 2.31. The van der Waals surface area contributed by atoms with Crippen molar-refractivity contribution < 1.29 is 17.9 Å². The standard InChI is InChI=1S/C10H19N3O4S/c1-4-16-10(17-5-2)7-12-18(14,15)9-6-11-8(3)13-9/h6,10,12H,4-5,7H2,1-3H3,(H,11,13). The summed E-state index contributed by atoms with van der Waals surface area (Å²) >= 11 is 0. The number of nitrogens with one attached hydrogen (secondary N) is 2. The number of aromatic nitrogens is 2. The Labute approximate surface area is 107 Å². The Morgan fingerprint density at radius 3 is 2.44 bits per heavy atom. The van der Waals surface area contributed by atoms with Crippen LogP contribution in [0.5, 0.6) is 0 Å². The molecule has 7 nitrogen and oxygen atoms in total. The van der Waals surface area contributed by atoms with Gasteiger partial charge in [0.1, 0.15) is 5.82 Å². The lowest BCUT2D eigenvalue weighted by atomic mass is 10.6. The Balaban J connectivity index is 2.60. The Bertz CT molecular complexity index is 451. The van der Waals surface area contributed by atoms with Crippen LogP contribution in [0.15, 0.2) is 11.2 Å². The highest BCUT2D eigenvalue weighted by atomic mass is 32.2. The van der Waals surface area contributed by atoms with Gasteiger partial charge < -0.3 is 14.5 Å². The lowest BCUT2D eigenvalue weighted by Crippen LogP contribution is -2.35. The molecular formula is C10H19N3O4S. The molecule has 1 aromatic heterocycles. The van der Waals surface area contributed by atoms with Gasteiger partial charge in [-0.05, 0) is 20.8 Å². The van der Waals surface area contributed by atoms with Crippen molar-refractivity contribution in [3.8, 4) is 0 Å². The smallest absolute Gasteiger partial charge is 0.257 e. The van der Waals surface area contributed by atoms with E-state index in [1.54, 1.807) is 6.92 Å². The van der Waals surface area contributed by atoms with E-state index >= 15 is 0 Å². The van der Waals surface area contributed by atoms with Gasteiger partial charge in [-0.2, -0.15) is 0 Å². The summed E-state index contributed by atoms with van der Waals surface area (Å²) in [7, 11) is -3.60. The first-order valence-electron chi connectivity index (χ1n) is 5.74. The highest BCUT2D eigenvalue weighted by Crippen LogP contribution is 2.05. The molecule has 0 aromatic carbocycles. The van der Waals surface area contributed by atoms with Crippen LogP contribution in [0.25, 0.3) is 0 Å². The number of imidazole rings is 1. The second kappa shape index (κ2) is 6.83. The third-order valence-corrected chi connectivity index (χ3v) is 3.45. The summed E-state index contributed by atoms with van der Waals surface area (Å²) in [5.74, 6) is 0.543. The topological polar surface area (TPSA) is 93.3 Å². The molecule has 0 bridgehead atoms. The molecule has 0 atom stereocenters. The third-order valence-electron chi connectivity index (χ3n) is 2.11. The molecule has 0 fully saturated rings. The van der Waals surface area contributed by atoms with Crippen molar-refractivity contribution in [1.82, 2.24) is 14.7 Å². The van der Waals surface area contributed by atoms with Crippen molar-refractivity contribution in [3.63, 3.8) is 0 Å². The zero-order valence-electron chi connectivity index (χ0n) is 10.8. The maximum Gasteiger partial charge on any atom is 0.257 e. The zero-order chi connectivity index (χ0) is 13.6. The molecule has 0 radical (unpaired) electrons. The first kappa shape index (κ1) is 15.1. The SMILES string of the molecule is CCOC(CNS(=O)(=O)c1cnc(C)[nH]1)OCC. The number of nitrogens with zero attached hydrogens (tertiary/aromatic N) is 1. The monoisotopic (exact) mass is 277 g/mol. The maximum absolute atomic E-state index is 11.9. The maximum atomic E-state index is 11.9. The highest BCUT2D eigenvalue weighted by molar-refractivity contribution is 7.89. The van der Waals surface area contributed by atoms with Gasteiger partial charge in [-0.15, -0.1) is 0 Å². The predicted octanol–water partition coefficient (Wildman–Crippen LogP) is 0.396. The van der Waals surface area contributed by atoms with Gasteiger partial charge >= 0.3 is 0 Å². The summed E-state index contributed by atoms with van der Waals surface area (Å²) in [6.07, 6.45) is 0.687. The van der Waals surface area contributed by atoms with Crippen molar-refractivity contribution in [2.75, 3.05) is 19.8 Å². The first-order chi connectivity index (χ1) is 8.49. The minimum absolute atomic E-state index is 0.0340. The van der Waals surface area contributed by atoms with Gasteiger partial charge in [-0.3, -0.25) is 0 Å². The molecule has 8 heteroatoms. The van der Waals surface area contributed by atoms with Gasteiger partial charge in [0.15, 0.2) is 11.3 Å². The van der Waals surface area contributed by atoms with Crippen molar-refractivity contribution in [3.05, 3.63) is 12.0 Å². The Morgan fingerprint density at radius 2 is 2.00 bits per heavy atom. The van der Waals surface area contributed by atoms with E-state index in [0.29, 0.717) is 19.0 Å². The van der Waals surface area contributed by atoms with E-state index in [1.165, 1.54) is 6.20 Å². The van der Waals surface area contributed by atoms with E-state index in [4.69, 9.17) is 9.47 Å². The molecule has 0 aliphatic heterocycles. The molecule has 2 N–H and O–H groups in total. The molecule has 0 spiro atoms. The molecular weight excluding hydrogens is 258 g/mol. The molecule has 104 valence electrons. The number of hydrogen-bond acceptors (Lipinski definition) is 5. The zero-order valence-corrected chi connectivity index (χ0v) is 11.6. The Morgan fingerprint density at radius 1 is 1.39 bits per heavy atom. The van der Waals surface area contributed by atoms with Crippen LogP contribution in [0, 0.1) is 6.92 Å². The van der Waals surface area contributed by atoms with Gasteiger partial charge in [-0.1, -0.05) is 0 Å². The molecule has 1 aromatic rings. The number of hydrogen-bond donors (Lipinski definition) is 2. The van der Waals surface area contributed by atoms with Crippen LogP contribution in [0.2, 0.25) is 0 Å². The molecule has 0 saturated heterocycles. The van der Waals surface area contributed by atoms with Crippen molar-refractivity contribution in [2.45, 2.75) is 32.1 Å². The van der Waals surface area contributed by atoms with Crippen molar-refractivity contribution >= 4 is 10.0 Å². The lowest BCUT2D eigenvalue weighted by Gasteiger charge is -2.17. The average molecular weight is 277 g/mol. The van der Waals surface area contributed by atoms with E-state index in [-0.39, 0.29) is 11.6 Å². The Hall–Kier alpha value is -0.960. The summed E-state index contributed by atoms with van der Waals surface area (Å²) in [5, 5.41) is 0.0340. The summed E-state index contributed by atoms with van der Waals surface area (Å²) in [5.41, 5.74) is 0. The van der Waals surface area contributed by atoms with E-state index in [9.17, 15) is 8.42 Å². The van der Waals surface area contributed by atoms with Crippen LogP contribution in [-0.2, 0) is 19.5 Å². The quantitative estimate of drug-likeness (QED) is 0.671. The number of H-pyrrole nitrogens is 1. The fourth-order valence-electron chi connectivity index (χ4n) is 1.33. The Kier molecular flexibility index (Phi) is 5.73. The summed E-state index contributed by atoms with van der Waals surface area (Å²) in [4.78, 5) is 6.51. The highest BCUT2D eigenvalue weighted by Gasteiger charge is 2.19. The normalized spacial score (nSPS) is 12.2. The van der Waals surface area contributed by atoms with E-state index < -0.39 is 16.3 Å². The molecule has 0 unspecified atom stereocenters. The molecule has 0 aliphatic rings. The average Bonchev–Trinajstić information content (AvgIpc) is 2.74. The van der Waals surface area contributed by atoms with E-state index in [1.807, 2.05) is 13.8 Å². The van der Waals surface area contributed by atoms with Crippen molar-refractivity contribution in [1.29, 1.82) is 0 Å². The van der Waals surface area contributed by atoms with Crippen molar-refractivity contribution in [2.24, 2.45) is 0 Å². The molecule has 1 rings (SSSR count). The van der Waals surface area contributed by atoms with Crippen LogP contribution in [-0.4, -0.2) is 44.4 Å². The van der Waals surface area contributed by atoms with Crippen LogP contribution in [0.4, 0.5) is 0 Å². The second-order valence-corrected chi connectivity index (χ2v) is 5.26. The molecule has 18 heavy (non-hydrogen) atoms. The van der Waals surface area contributed by atoms with E-state index in [0.717, 1.165) is 0 Å². The minimum atomic E-state index is -3.60. The van der Waals surface area contributed by atoms with Crippen LogP contribution >= 0.6 is 0 Å². The summed E-state index contributed by atoms with van der Waals surface area (Å²) in [6.45, 7) is 6.28. The minimum Gasteiger partial charge on any atom is -0.352 e. The lowest BCUT2D eigenvalue weighted by molar-refractivity contribution is -0.130. The second-order valence-electron chi connectivity index (χ2n) is 3.53. The van der Waals surface area contributed by atoms with Gasteiger partial charge in [-0.25, -0.2) is 18.1 Å². The van der Waals surface area contributed by atoms with Gasteiger partial charge in [0.2, 0.25) is 0 Å². The molecule has 0 aliphatic carbocycles. The fraction of sp³-hybridized carbons (Fsp3) is 0.700.